The maximum atomic E-state index is 14.2. The Kier molecular flexibility index (Phi) is 6.50. The summed E-state index contributed by atoms with van der Waals surface area (Å²) in [6, 6.07) is 40.6. The second-order valence-corrected chi connectivity index (χ2v) is 13.2. The average molecular weight is 534 g/mol. The van der Waals surface area contributed by atoms with E-state index >= 15 is 0 Å². The maximum Gasteiger partial charge on any atom is 0.194 e. The lowest BCUT2D eigenvalue weighted by Gasteiger charge is -2.21. The van der Waals surface area contributed by atoms with Crippen molar-refractivity contribution in [3.05, 3.63) is 126 Å². The summed E-state index contributed by atoms with van der Waals surface area (Å²) in [7, 11) is 0. The van der Waals surface area contributed by atoms with Crippen LogP contribution in [0, 0.1) is 0 Å². The first-order valence-corrected chi connectivity index (χ1v) is 14.5. The Bertz CT molecular complexity index is 1740. The smallest absolute Gasteiger partial charge is 0.194 e. The van der Waals surface area contributed by atoms with E-state index in [4.69, 9.17) is 0 Å². The van der Waals surface area contributed by atoms with Gasteiger partial charge in [0.1, 0.15) is 0 Å². The van der Waals surface area contributed by atoms with E-state index in [1.54, 1.807) is 0 Å². The van der Waals surface area contributed by atoms with Gasteiger partial charge in [-0.3, -0.25) is 5.11 Å². The Labute approximate surface area is 244 Å². The number of fused-ring (bicyclic) bond motifs is 2. The van der Waals surface area contributed by atoms with Crippen molar-refractivity contribution in [1.29, 1.82) is 0 Å². The van der Waals surface area contributed by atoms with Crippen LogP contribution in [0.25, 0.3) is 54.9 Å². The topological polar surface area (TPSA) is 19.9 Å². The van der Waals surface area contributed by atoms with E-state index in [0.717, 1.165) is 27.8 Å². The van der Waals surface area contributed by atoms with Crippen LogP contribution in [-0.2, 0) is 15.9 Å². The molecule has 0 aromatic heterocycles. The zero-order valence-electron chi connectivity index (χ0n) is 24.9. The third kappa shape index (κ3) is 5.02. The van der Waals surface area contributed by atoms with E-state index in [1.165, 1.54) is 38.2 Å². The molecule has 0 saturated carbocycles. The molecule has 0 saturated heterocycles. The molecule has 0 unspecified atom stereocenters. The summed E-state index contributed by atoms with van der Waals surface area (Å²) in [5.74, 6) is 0.0605. The zero-order valence-corrected chi connectivity index (χ0v) is 24.9. The summed E-state index contributed by atoms with van der Waals surface area (Å²) in [6.07, 6.45) is 0. The maximum absolute atomic E-state index is 14.2. The molecule has 0 bridgehead atoms. The minimum absolute atomic E-state index is 0.0442. The lowest BCUT2D eigenvalue weighted by atomic mass is 9.84. The SMILES string of the molecule is CC(C)(C)c1ccc(-c2cc(-c3c4ccccc4cc4ccccc34)cc(-c3ccc(C(C)(C)C)cc3)c2[O])cc1. The number of hydrogen-bond acceptors (Lipinski definition) is 0. The van der Waals surface area contributed by atoms with E-state index in [2.05, 4.69) is 157 Å². The molecule has 6 aromatic rings. The highest BCUT2D eigenvalue weighted by atomic mass is 16.3. The van der Waals surface area contributed by atoms with Crippen molar-refractivity contribution in [3.63, 3.8) is 0 Å². The third-order valence-corrected chi connectivity index (χ3v) is 8.27. The molecule has 0 amide bonds. The minimum atomic E-state index is 0.0442. The van der Waals surface area contributed by atoms with Crippen LogP contribution in [0.3, 0.4) is 0 Å². The molecule has 203 valence electrons. The molecule has 1 heteroatoms. The van der Waals surface area contributed by atoms with Crippen LogP contribution >= 0.6 is 0 Å². The summed E-state index contributed by atoms with van der Waals surface area (Å²) in [6.45, 7) is 13.3. The molecule has 0 aliphatic carbocycles. The molecule has 0 fully saturated rings. The minimum Gasteiger partial charge on any atom is -0.289 e. The molecule has 0 N–H and O–H groups in total. The Morgan fingerprint density at radius 2 is 0.829 bits per heavy atom. The molecular weight excluding hydrogens is 496 g/mol. The highest BCUT2D eigenvalue weighted by Crippen LogP contribution is 2.46. The van der Waals surface area contributed by atoms with E-state index in [1.807, 2.05) is 0 Å². The quantitative estimate of drug-likeness (QED) is 0.202. The Morgan fingerprint density at radius 1 is 0.439 bits per heavy atom. The van der Waals surface area contributed by atoms with Crippen LogP contribution in [0.2, 0.25) is 0 Å². The largest absolute Gasteiger partial charge is 0.289 e. The Hall–Kier alpha value is -4.36. The molecule has 41 heavy (non-hydrogen) atoms. The molecule has 6 aromatic carbocycles. The fourth-order valence-electron chi connectivity index (χ4n) is 5.83. The van der Waals surface area contributed by atoms with Crippen LogP contribution in [0.4, 0.5) is 0 Å². The molecule has 1 nitrogen and oxygen atoms in total. The van der Waals surface area contributed by atoms with Crippen LogP contribution in [0.15, 0.2) is 115 Å². The number of rotatable bonds is 3. The van der Waals surface area contributed by atoms with Crippen molar-refractivity contribution >= 4 is 21.5 Å². The zero-order chi connectivity index (χ0) is 28.9. The Morgan fingerprint density at radius 3 is 1.22 bits per heavy atom. The lowest BCUT2D eigenvalue weighted by molar-refractivity contribution is 0.358. The summed E-state index contributed by atoms with van der Waals surface area (Å²) in [5, 5.41) is 19.0. The van der Waals surface area contributed by atoms with Gasteiger partial charge < -0.3 is 0 Å². The van der Waals surface area contributed by atoms with Gasteiger partial charge in [-0.05, 0) is 84.0 Å². The van der Waals surface area contributed by atoms with E-state index in [9.17, 15) is 5.11 Å². The van der Waals surface area contributed by atoms with Gasteiger partial charge in [-0.25, -0.2) is 0 Å². The van der Waals surface area contributed by atoms with Gasteiger partial charge in [-0.1, -0.05) is 139 Å². The summed E-state index contributed by atoms with van der Waals surface area (Å²) in [4.78, 5) is 0. The standard InChI is InChI=1S/C40H37O/c1-39(2,3)31-19-15-26(16-20-31)35-24-30(25-36(38(35)41)27-17-21-32(22-18-27)40(4,5)6)37-33-13-9-7-11-28(33)23-29-12-8-10-14-34(29)37/h7-25H,1-6H3. The van der Waals surface area contributed by atoms with Crippen LogP contribution in [-0.4, -0.2) is 0 Å². The highest BCUT2D eigenvalue weighted by Gasteiger charge is 2.21. The van der Waals surface area contributed by atoms with Gasteiger partial charge in [0.15, 0.2) is 5.75 Å². The predicted octanol–water partition coefficient (Wildman–Crippen LogP) is 11.7. The van der Waals surface area contributed by atoms with Crippen molar-refractivity contribution in [3.8, 4) is 39.1 Å². The number of benzene rings is 6. The second kappa shape index (κ2) is 9.93. The average Bonchev–Trinajstić information content (AvgIpc) is 2.95. The normalized spacial score (nSPS) is 12.2. The predicted molar refractivity (Wildman–Crippen MR) is 175 cm³/mol. The van der Waals surface area contributed by atoms with E-state index in [0.29, 0.717) is 0 Å². The van der Waals surface area contributed by atoms with Gasteiger partial charge in [0, 0.05) is 11.1 Å². The molecule has 1 radical (unpaired) electrons. The van der Waals surface area contributed by atoms with Gasteiger partial charge in [0.25, 0.3) is 0 Å². The summed E-state index contributed by atoms with van der Waals surface area (Å²) in [5.41, 5.74) is 8.17. The van der Waals surface area contributed by atoms with Crippen LogP contribution in [0.1, 0.15) is 52.7 Å². The second-order valence-electron chi connectivity index (χ2n) is 13.2. The first kappa shape index (κ1) is 26.8. The van der Waals surface area contributed by atoms with Crippen LogP contribution in [0.5, 0.6) is 5.75 Å². The molecule has 0 atom stereocenters. The molecule has 0 aliphatic heterocycles. The number of hydrogen-bond donors (Lipinski definition) is 0. The van der Waals surface area contributed by atoms with Crippen molar-refractivity contribution in [2.45, 2.75) is 52.4 Å². The first-order valence-electron chi connectivity index (χ1n) is 14.5. The van der Waals surface area contributed by atoms with Gasteiger partial charge in [-0.2, -0.15) is 0 Å². The van der Waals surface area contributed by atoms with E-state index in [-0.39, 0.29) is 16.6 Å². The highest BCUT2D eigenvalue weighted by molar-refractivity contribution is 6.13. The van der Waals surface area contributed by atoms with Gasteiger partial charge in [-0.15, -0.1) is 0 Å². The Balaban J connectivity index is 1.65. The van der Waals surface area contributed by atoms with Gasteiger partial charge >= 0.3 is 0 Å². The van der Waals surface area contributed by atoms with E-state index < -0.39 is 0 Å². The van der Waals surface area contributed by atoms with Gasteiger partial charge in [0.05, 0.1) is 0 Å². The fraction of sp³-hybridized carbons (Fsp3) is 0.200. The van der Waals surface area contributed by atoms with Gasteiger partial charge in [0.2, 0.25) is 0 Å². The summed E-state index contributed by atoms with van der Waals surface area (Å²) < 4.78 is 0. The molecular formula is C40H37O. The van der Waals surface area contributed by atoms with Crippen molar-refractivity contribution in [2.75, 3.05) is 0 Å². The first-order chi connectivity index (χ1) is 19.5. The van der Waals surface area contributed by atoms with Crippen molar-refractivity contribution in [1.82, 2.24) is 0 Å². The monoisotopic (exact) mass is 533 g/mol. The molecule has 0 aliphatic rings. The molecule has 0 spiro atoms. The third-order valence-electron chi connectivity index (χ3n) is 8.27. The fourth-order valence-corrected chi connectivity index (χ4v) is 5.83. The summed E-state index contributed by atoms with van der Waals surface area (Å²) >= 11 is 0. The van der Waals surface area contributed by atoms with Crippen molar-refractivity contribution in [2.24, 2.45) is 0 Å². The van der Waals surface area contributed by atoms with Crippen LogP contribution < -0.4 is 0 Å². The van der Waals surface area contributed by atoms with Crippen molar-refractivity contribution < 1.29 is 5.11 Å². The lowest BCUT2D eigenvalue weighted by Crippen LogP contribution is -2.10. The molecule has 6 rings (SSSR count). The molecule has 0 heterocycles.